The molecule has 0 radical (unpaired) electrons. The predicted octanol–water partition coefficient (Wildman–Crippen LogP) is 2.72. The molecule has 0 aromatic rings. The Morgan fingerprint density at radius 1 is 1.43 bits per heavy atom. The van der Waals surface area contributed by atoms with Crippen LogP contribution in [0.1, 0.15) is 34.1 Å². The third kappa shape index (κ3) is 3.37. The average molecular weight is 237 g/mol. The van der Waals surface area contributed by atoms with E-state index >= 15 is 0 Å². The number of alkyl halides is 1. The van der Waals surface area contributed by atoms with Gasteiger partial charge < -0.3 is 4.52 Å². The fourth-order valence-electron chi connectivity index (χ4n) is 1.66. The number of hydrogen-bond donors (Lipinski definition) is 0. The molecule has 0 N–H and O–H groups in total. The van der Waals surface area contributed by atoms with Crippen molar-refractivity contribution in [2.75, 3.05) is 0 Å². The van der Waals surface area contributed by atoms with Crippen LogP contribution < -0.4 is 0 Å². The summed E-state index contributed by atoms with van der Waals surface area (Å²) in [6, 6.07) is 2.48. The second-order valence-corrected chi connectivity index (χ2v) is 4.56. The lowest BCUT2D eigenvalue weighted by molar-refractivity contribution is -0.0396. The van der Waals surface area contributed by atoms with E-state index in [2.05, 4.69) is 9.47 Å². The highest BCUT2D eigenvalue weighted by molar-refractivity contribution is 7.10. The molecule has 0 aliphatic rings. The van der Waals surface area contributed by atoms with Crippen molar-refractivity contribution in [2.45, 2.75) is 51.4 Å². The number of rotatable bonds is 5. The molecule has 0 aliphatic carbocycles. The molecule has 5 heteroatoms. The standard InChI is InChI=1S/C9H18ClN2OP/c1-7(2)12(8(3)4)9(10,13-14)5-6-11/h7-8H,5,14H2,1-4H3. The molecule has 2 unspecified atom stereocenters. The van der Waals surface area contributed by atoms with E-state index in [1.165, 1.54) is 0 Å². The van der Waals surface area contributed by atoms with Crippen LogP contribution in [0.4, 0.5) is 0 Å². The molecule has 0 bridgehead atoms. The van der Waals surface area contributed by atoms with Crippen LogP contribution in [0.3, 0.4) is 0 Å². The number of nitriles is 1. The molecule has 0 aromatic carbocycles. The highest BCUT2D eigenvalue weighted by Gasteiger charge is 2.38. The van der Waals surface area contributed by atoms with Gasteiger partial charge in [0, 0.05) is 21.6 Å². The Morgan fingerprint density at radius 2 is 1.86 bits per heavy atom. The third-order valence-corrected chi connectivity index (χ3v) is 2.93. The fraction of sp³-hybridized carbons (Fsp3) is 0.889. The molecule has 0 spiro atoms. The molecule has 0 saturated carbocycles. The summed E-state index contributed by atoms with van der Waals surface area (Å²) in [4.78, 5) is 1.96. The van der Waals surface area contributed by atoms with E-state index in [9.17, 15) is 0 Å². The smallest absolute Gasteiger partial charge is 0.215 e. The van der Waals surface area contributed by atoms with Gasteiger partial charge in [-0.1, -0.05) is 11.6 Å². The van der Waals surface area contributed by atoms with Crippen molar-refractivity contribution in [3.63, 3.8) is 0 Å². The molecule has 3 nitrogen and oxygen atoms in total. The van der Waals surface area contributed by atoms with E-state index in [4.69, 9.17) is 21.4 Å². The maximum absolute atomic E-state index is 8.70. The van der Waals surface area contributed by atoms with Crippen LogP contribution in [0, 0.1) is 11.3 Å². The highest BCUT2D eigenvalue weighted by Crippen LogP contribution is 2.32. The summed E-state index contributed by atoms with van der Waals surface area (Å²) in [7, 11) is 2.13. The van der Waals surface area contributed by atoms with Gasteiger partial charge in [0.2, 0.25) is 5.18 Å². The highest BCUT2D eigenvalue weighted by atomic mass is 35.5. The molecule has 14 heavy (non-hydrogen) atoms. The summed E-state index contributed by atoms with van der Waals surface area (Å²) in [5.74, 6) is 0. The van der Waals surface area contributed by atoms with Crippen molar-refractivity contribution >= 4 is 21.1 Å². The van der Waals surface area contributed by atoms with E-state index < -0.39 is 5.18 Å². The Balaban J connectivity index is 4.85. The first kappa shape index (κ1) is 14.1. The van der Waals surface area contributed by atoms with E-state index in [0.717, 1.165) is 0 Å². The Labute approximate surface area is 93.6 Å². The van der Waals surface area contributed by atoms with Gasteiger partial charge >= 0.3 is 0 Å². The largest absolute Gasteiger partial charge is 0.329 e. The maximum atomic E-state index is 8.70. The Bertz CT molecular complexity index is 209. The van der Waals surface area contributed by atoms with Crippen LogP contribution >= 0.6 is 21.1 Å². The minimum atomic E-state index is -1.04. The van der Waals surface area contributed by atoms with E-state index in [1.807, 2.05) is 38.7 Å². The maximum Gasteiger partial charge on any atom is 0.215 e. The first-order valence-electron chi connectivity index (χ1n) is 4.61. The molecule has 0 fully saturated rings. The lowest BCUT2D eigenvalue weighted by Gasteiger charge is -2.41. The molecular weight excluding hydrogens is 219 g/mol. The van der Waals surface area contributed by atoms with Crippen molar-refractivity contribution in [1.82, 2.24) is 4.90 Å². The fourth-order valence-corrected chi connectivity index (χ4v) is 2.31. The summed E-state index contributed by atoms with van der Waals surface area (Å²) < 4.78 is 5.15. The SMILES string of the molecule is CC(C)N(C(C)C)C(Cl)(CC#N)OP. The van der Waals surface area contributed by atoms with Crippen molar-refractivity contribution in [2.24, 2.45) is 0 Å². The zero-order chi connectivity index (χ0) is 11.4. The van der Waals surface area contributed by atoms with Crippen LogP contribution in [-0.2, 0) is 4.52 Å². The van der Waals surface area contributed by atoms with Gasteiger partial charge in [-0.3, -0.25) is 4.90 Å². The predicted molar refractivity (Wildman–Crippen MR) is 61.7 cm³/mol. The van der Waals surface area contributed by atoms with Crippen molar-refractivity contribution in [3.8, 4) is 6.07 Å². The molecule has 0 rings (SSSR count). The van der Waals surface area contributed by atoms with Gasteiger partial charge in [-0.25, -0.2) is 0 Å². The van der Waals surface area contributed by atoms with Gasteiger partial charge in [0.05, 0.1) is 12.5 Å². The molecule has 0 aromatic heterocycles. The summed E-state index contributed by atoms with van der Waals surface area (Å²) in [6.07, 6.45) is 0.133. The monoisotopic (exact) mass is 236 g/mol. The second kappa shape index (κ2) is 5.88. The normalized spacial score (nSPS) is 16.0. The van der Waals surface area contributed by atoms with Gasteiger partial charge in [0.1, 0.15) is 0 Å². The molecule has 0 saturated heterocycles. The van der Waals surface area contributed by atoms with Gasteiger partial charge in [0.25, 0.3) is 0 Å². The quantitative estimate of drug-likeness (QED) is 0.319. The zero-order valence-corrected chi connectivity index (χ0v) is 11.0. The molecule has 0 heterocycles. The minimum Gasteiger partial charge on any atom is -0.329 e. The van der Waals surface area contributed by atoms with Crippen LogP contribution in [-0.4, -0.2) is 22.2 Å². The summed E-state index contributed by atoms with van der Waals surface area (Å²) in [6.45, 7) is 8.10. The van der Waals surface area contributed by atoms with E-state index in [0.29, 0.717) is 0 Å². The summed E-state index contributed by atoms with van der Waals surface area (Å²) >= 11 is 6.24. The van der Waals surface area contributed by atoms with Crippen LogP contribution in [0.5, 0.6) is 0 Å². The van der Waals surface area contributed by atoms with E-state index in [1.54, 1.807) is 0 Å². The van der Waals surface area contributed by atoms with Gasteiger partial charge in [-0.2, -0.15) is 5.26 Å². The Kier molecular flexibility index (Phi) is 5.93. The molecule has 2 atom stereocenters. The Morgan fingerprint density at radius 3 is 2.07 bits per heavy atom. The van der Waals surface area contributed by atoms with Crippen molar-refractivity contribution in [1.29, 1.82) is 5.26 Å². The van der Waals surface area contributed by atoms with Crippen molar-refractivity contribution < 1.29 is 4.52 Å². The van der Waals surface area contributed by atoms with Crippen molar-refractivity contribution in [3.05, 3.63) is 0 Å². The first-order chi connectivity index (χ1) is 6.39. The molecule has 0 aliphatic heterocycles. The lowest BCUT2D eigenvalue weighted by atomic mass is 10.2. The van der Waals surface area contributed by atoms with Crippen LogP contribution in [0.2, 0.25) is 0 Å². The van der Waals surface area contributed by atoms with Gasteiger partial charge in [0.15, 0.2) is 0 Å². The first-order valence-corrected chi connectivity index (χ1v) is 5.46. The third-order valence-electron chi connectivity index (χ3n) is 1.98. The van der Waals surface area contributed by atoms with Crippen LogP contribution in [0.25, 0.3) is 0 Å². The molecule has 82 valence electrons. The second-order valence-electron chi connectivity index (χ2n) is 3.74. The zero-order valence-electron chi connectivity index (χ0n) is 9.12. The number of hydrogen-bond acceptors (Lipinski definition) is 3. The minimum absolute atomic E-state index is 0.133. The van der Waals surface area contributed by atoms with Gasteiger partial charge in [-0.05, 0) is 27.7 Å². The number of nitrogens with zero attached hydrogens (tertiary/aromatic N) is 2. The van der Waals surface area contributed by atoms with Crippen LogP contribution in [0.15, 0.2) is 0 Å². The Hall–Kier alpha value is 0.130. The molecular formula is C9H18ClN2OP. The molecule has 0 amide bonds. The summed E-state index contributed by atoms with van der Waals surface area (Å²) in [5.41, 5.74) is 0. The average Bonchev–Trinajstić information content (AvgIpc) is 2.03. The lowest BCUT2D eigenvalue weighted by Crippen LogP contribution is -2.52. The summed E-state index contributed by atoms with van der Waals surface area (Å²) in [5, 5.41) is 7.66. The van der Waals surface area contributed by atoms with E-state index in [-0.39, 0.29) is 18.5 Å². The van der Waals surface area contributed by atoms with Gasteiger partial charge in [-0.15, -0.1) is 0 Å². The number of halogens is 1. The topological polar surface area (TPSA) is 36.3 Å².